The average Bonchev–Trinajstić information content (AvgIpc) is 2.95. The zero-order valence-electron chi connectivity index (χ0n) is 12.8. The summed E-state index contributed by atoms with van der Waals surface area (Å²) < 4.78 is 0. The van der Waals surface area contributed by atoms with E-state index in [4.69, 9.17) is 5.73 Å². The predicted molar refractivity (Wildman–Crippen MR) is 84.3 cm³/mol. The number of rotatable bonds is 5. The first-order valence-corrected chi connectivity index (χ1v) is 7.59. The smallest absolute Gasteiger partial charge is 0.253 e. The number of carbonyl (C=O) groups excluding carboxylic acids is 1. The third-order valence-corrected chi connectivity index (χ3v) is 4.13. The van der Waals surface area contributed by atoms with Crippen LogP contribution < -0.4 is 11.1 Å². The van der Waals surface area contributed by atoms with Gasteiger partial charge in [-0.15, -0.1) is 0 Å². The first-order valence-electron chi connectivity index (χ1n) is 7.59. The number of carbonyl (C=O) groups is 1. The average molecular weight is 291 g/mol. The van der Waals surface area contributed by atoms with Gasteiger partial charge in [0.05, 0.1) is 5.56 Å². The SMILES string of the molecule is CC(C)C(CNC(=O)c1cc(O)ccc1N)N1CCCC1. The van der Waals surface area contributed by atoms with E-state index in [2.05, 4.69) is 24.1 Å². The van der Waals surface area contributed by atoms with Crippen molar-refractivity contribution < 1.29 is 9.90 Å². The van der Waals surface area contributed by atoms with Gasteiger partial charge in [0.2, 0.25) is 0 Å². The van der Waals surface area contributed by atoms with E-state index in [1.165, 1.54) is 25.0 Å². The van der Waals surface area contributed by atoms with E-state index in [1.54, 1.807) is 6.07 Å². The van der Waals surface area contributed by atoms with Crippen LogP contribution in [0.25, 0.3) is 0 Å². The van der Waals surface area contributed by atoms with Gasteiger partial charge in [-0.2, -0.15) is 0 Å². The molecule has 1 aromatic rings. The van der Waals surface area contributed by atoms with Crippen molar-refractivity contribution in [1.82, 2.24) is 10.2 Å². The van der Waals surface area contributed by atoms with Gasteiger partial charge >= 0.3 is 0 Å². The van der Waals surface area contributed by atoms with E-state index in [0.717, 1.165) is 13.1 Å². The van der Waals surface area contributed by atoms with Gasteiger partial charge in [0.1, 0.15) is 5.75 Å². The fourth-order valence-electron chi connectivity index (χ4n) is 2.89. The molecule has 1 heterocycles. The largest absolute Gasteiger partial charge is 0.508 e. The van der Waals surface area contributed by atoms with Crippen molar-refractivity contribution in [2.24, 2.45) is 5.92 Å². The molecule has 1 aliphatic heterocycles. The summed E-state index contributed by atoms with van der Waals surface area (Å²) in [7, 11) is 0. The highest BCUT2D eigenvalue weighted by Gasteiger charge is 2.25. The van der Waals surface area contributed by atoms with Crippen LogP contribution in [-0.2, 0) is 0 Å². The van der Waals surface area contributed by atoms with Crippen molar-refractivity contribution in [2.45, 2.75) is 32.7 Å². The molecular weight excluding hydrogens is 266 g/mol. The van der Waals surface area contributed by atoms with E-state index < -0.39 is 0 Å². The maximum atomic E-state index is 12.2. The fourth-order valence-corrected chi connectivity index (χ4v) is 2.89. The molecule has 0 spiro atoms. The summed E-state index contributed by atoms with van der Waals surface area (Å²) in [6, 6.07) is 4.78. The minimum atomic E-state index is -0.228. The summed E-state index contributed by atoms with van der Waals surface area (Å²) >= 11 is 0. The molecule has 0 radical (unpaired) electrons. The third kappa shape index (κ3) is 3.88. The Morgan fingerprint density at radius 1 is 1.38 bits per heavy atom. The number of aromatic hydroxyl groups is 1. The molecule has 0 aliphatic carbocycles. The lowest BCUT2D eigenvalue weighted by atomic mass is 10.0. The van der Waals surface area contributed by atoms with Crippen LogP contribution in [0.4, 0.5) is 5.69 Å². The summed E-state index contributed by atoms with van der Waals surface area (Å²) in [5.41, 5.74) is 6.51. The van der Waals surface area contributed by atoms with Gasteiger partial charge in [0.25, 0.3) is 5.91 Å². The molecular formula is C16H25N3O2. The second kappa shape index (κ2) is 6.80. The molecule has 1 fully saturated rings. The van der Waals surface area contributed by atoms with E-state index in [9.17, 15) is 9.90 Å². The van der Waals surface area contributed by atoms with Crippen molar-refractivity contribution in [3.8, 4) is 5.75 Å². The fraction of sp³-hybridized carbons (Fsp3) is 0.562. The van der Waals surface area contributed by atoms with Crippen LogP contribution in [0, 0.1) is 5.92 Å². The summed E-state index contributed by atoms with van der Waals surface area (Å²) in [4.78, 5) is 14.7. The Morgan fingerprint density at radius 2 is 2.05 bits per heavy atom. The number of anilines is 1. The lowest BCUT2D eigenvalue weighted by Gasteiger charge is -2.31. The van der Waals surface area contributed by atoms with Crippen LogP contribution in [-0.4, -0.2) is 41.6 Å². The monoisotopic (exact) mass is 291 g/mol. The molecule has 1 aliphatic rings. The topological polar surface area (TPSA) is 78.6 Å². The Labute approximate surface area is 126 Å². The van der Waals surface area contributed by atoms with Crippen LogP contribution >= 0.6 is 0 Å². The number of hydrogen-bond donors (Lipinski definition) is 3. The molecule has 1 atom stereocenters. The molecule has 0 saturated carbocycles. The van der Waals surface area contributed by atoms with Gasteiger partial charge in [-0.25, -0.2) is 0 Å². The molecule has 4 N–H and O–H groups in total. The summed E-state index contributed by atoms with van der Waals surface area (Å²) in [6.45, 7) is 7.17. The molecule has 1 unspecified atom stereocenters. The van der Waals surface area contributed by atoms with Crippen molar-refractivity contribution in [3.05, 3.63) is 23.8 Å². The number of likely N-dealkylation sites (tertiary alicyclic amines) is 1. The number of hydrogen-bond acceptors (Lipinski definition) is 4. The number of nitrogens with zero attached hydrogens (tertiary/aromatic N) is 1. The maximum Gasteiger partial charge on any atom is 0.253 e. The second-order valence-corrected chi connectivity index (χ2v) is 6.04. The highest BCUT2D eigenvalue weighted by molar-refractivity contribution is 5.99. The Kier molecular flexibility index (Phi) is 5.07. The van der Waals surface area contributed by atoms with Crippen molar-refractivity contribution in [1.29, 1.82) is 0 Å². The van der Waals surface area contributed by atoms with Gasteiger partial charge in [0.15, 0.2) is 0 Å². The molecule has 5 heteroatoms. The van der Waals surface area contributed by atoms with E-state index >= 15 is 0 Å². The molecule has 0 bridgehead atoms. The third-order valence-electron chi connectivity index (χ3n) is 4.13. The Balaban J connectivity index is 1.99. The van der Waals surface area contributed by atoms with Crippen LogP contribution in [0.15, 0.2) is 18.2 Å². The van der Waals surface area contributed by atoms with Crippen LogP contribution in [0.2, 0.25) is 0 Å². The van der Waals surface area contributed by atoms with Crippen molar-refractivity contribution >= 4 is 11.6 Å². The molecule has 5 nitrogen and oxygen atoms in total. The molecule has 0 aromatic heterocycles. The van der Waals surface area contributed by atoms with Crippen LogP contribution in [0.1, 0.15) is 37.0 Å². The number of benzene rings is 1. The van der Waals surface area contributed by atoms with E-state index in [-0.39, 0.29) is 11.7 Å². The van der Waals surface area contributed by atoms with Gasteiger partial charge in [0, 0.05) is 18.3 Å². The Morgan fingerprint density at radius 3 is 2.67 bits per heavy atom. The standard InChI is InChI=1S/C16H25N3O2/c1-11(2)15(19-7-3-4-8-19)10-18-16(21)13-9-12(20)5-6-14(13)17/h5-6,9,11,15,20H,3-4,7-8,10,17H2,1-2H3,(H,18,21). The van der Waals surface area contributed by atoms with Crippen molar-refractivity contribution in [2.75, 3.05) is 25.4 Å². The zero-order chi connectivity index (χ0) is 15.4. The van der Waals surface area contributed by atoms with Gasteiger partial charge in [-0.3, -0.25) is 9.69 Å². The quantitative estimate of drug-likeness (QED) is 0.571. The summed E-state index contributed by atoms with van der Waals surface area (Å²) in [6.07, 6.45) is 2.47. The minimum absolute atomic E-state index is 0.0503. The second-order valence-electron chi connectivity index (χ2n) is 6.04. The van der Waals surface area contributed by atoms with Crippen LogP contribution in [0.5, 0.6) is 5.75 Å². The number of phenols is 1. The number of phenolic OH excluding ortho intramolecular Hbond substituents is 1. The lowest BCUT2D eigenvalue weighted by Crippen LogP contribution is -2.45. The normalized spacial score (nSPS) is 17.1. The highest BCUT2D eigenvalue weighted by atomic mass is 16.3. The van der Waals surface area contributed by atoms with E-state index in [0.29, 0.717) is 29.8 Å². The number of nitrogens with two attached hydrogens (primary N) is 1. The highest BCUT2D eigenvalue weighted by Crippen LogP contribution is 2.20. The van der Waals surface area contributed by atoms with E-state index in [1.807, 2.05) is 0 Å². The maximum absolute atomic E-state index is 12.2. The Bertz CT molecular complexity index is 496. The summed E-state index contributed by atoms with van der Waals surface area (Å²) in [5, 5.41) is 12.4. The predicted octanol–water partition coefficient (Wildman–Crippen LogP) is 1.82. The molecule has 1 saturated heterocycles. The molecule has 2 rings (SSSR count). The molecule has 1 aromatic carbocycles. The first kappa shape index (κ1) is 15.6. The van der Waals surface area contributed by atoms with Gasteiger partial charge in [-0.1, -0.05) is 13.8 Å². The minimum Gasteiger partial charge on any atom is -0.508 e. The first-order chi connectivity index (χ1) is 9.99. The van der Waals surface area contributed by atoms with Gasteiger partial charge in [-0.05, 0) is 50.0 Å². The van der Waals surface area contributed by atoms with Crippen LogP contribution in [0.3, 0.4) is 0 Å². The summed E-state index contributed by atoms with van der Waals surface area (Å²) in [5.74, 6) is 0.299. The zero-order valence-corrected chi connectivity index (χ0v) is 12.8. The lowest BCUT2D eigenvalue weighted by molar-refractivity contribution is 0.0928. The van der Waals surface area contributed by atoms with Gasteiger partial charge < -0.3 is 16.2 Å². The molecule has 1 amide bonds. The number of nitrogen functional groups attached to an aromatic ring is 1. The number of amides is 1. The van der Waals surface area contributed by atoms with Crippen molar-refractivity contribution in [3.63, 3.8) is 0 Å². The number of nitrogens with one attached hydrogen (secondary N) is 1. The Hall–Kier alpha value is -1.75. The molecule has 116 valence electrons. The molecule has 21 heavy (non-hydrogen) atoms.